The molecule has 0 fully saturated rings. The van der Waals surface area contributed by atoms with Crippen LogP contribution in [0.4, 0.5) is 22.0 Å². The average molecular weight is 225 g/mol. The molecule has 6 heteroatoms. The first-order valence-corrected chi connectivity index (χ1v) is 3.01. The molecule has 0 N–H and O–H groups in total. The first-order valence-electron chi connectivity index (χ1n) is 2.09. The molecule has 0 radical (unpaired) electrons. The number of hydrogen-bond acceptors (Lipinski definition) is 0. The molecule has 0 amide bonds. The van der Waals surface area contributed by atoms with E-state index < -0.39 is 23.2 Å². The van der Waals surface area contributed by atoms with Gasteiger partial charge in [-0.1, -0.05) is 15.9 Å². The van der Waals surface area contributed by atoms with Gasteiger partial charge in [0, 0.05) is 0 Å². The Kier molecular flexibility index (Phi) is 3.85. The normalized spacial score (nSPS) is 13.5. The van der Waals surface area contributed by atoms with Gasteiger partial charge in [0.15, 0.2) is 5.83 Å². The minimum absolute atomic E-state index is 2.05. The Labute approximate surface area is 61.8 Å². The fourth-order valence-corrected chi connectivity index (χ4v) is 0.388. The molecule has 0 nitrogen and oxygen atoms in total. The Morgan fingerprint density at radius 1 is 1.10 bits per heavy atom. The molecule has 0 saturated carbocycles. The topological polar surface area (TPSA) is 0 Å². The van der Waals surface area contributed by atoms with Crippen molar-refractivity contribution in [1.29, 1.82) is 0 Å². The molecule has 0 aromatic heterocycles. The van der Waals surface area contributed by atoms with Crippen molar-refractivity contribution in [3.63, 3.8) is 0 Å². The van der Waals surface area contributed by atoms with E-state index in [-0.39, 0.29) is 0 Å². The van der Waals surface area contributed by atoms with Crippen LogP contribution in [0.25, 0.3) is 0 Å². The largest absolute Gasteiger partial charge is 0.302 e. The van der Waals surface area contributed by atoms with Crippen LogP contribution in [0, 0.1) is 0 Å². The molecule has 0 rings (SSSR count). The summed E-state index contributed by atoms with van der Waals surface area (Å²) in [5.41, 5.74) is 0. The highest BCUT2D eigenvalue weighted by Gasteiger charge is 2.25. The van der Waals surface area contributed by atoms with E-state index in [1.165, 1.54) is 0 Å². The Balaban J connectivity index is 4.22. The number of hydrogen-bond donors (Lipinski definition) is 0. The van der Waals surface area contributed by atoms with Crippen molar-refractivity contribution in [3.05, 3.63) is 11.9 Å². The van der Waals surface area contributed by atoms with Crippen LogP contribution in [-0.4, -0.2) is 11.3 Å². The van der Waals surface area contributed by atoms with Gasteiger partial charge in [-0.05, 0) is 0 Å². The maximum absolute atomic E-state index is 11.8. The lowest BCUT2D eigenvalue weighted by atomic mass is 10.4. The van der Waals surface area contributed by atoms with Crippen molar-refractivity contribution in [1.82, 2.24) is 0 Å². The van der Waals surface area contributed by atoms with Gasteiger partial charge in [-0.15, -0.1) is 0 Å². The van der Waals surface area contributed by atoms with Gasteiger partial charge in [0.2, 0.25) is 0 Å². The van der Waals surface area contributed by atoms with E-state index in [0.717, 1.165) is 0 Å². The molecule has 0 saturated heterocycles. The molecule has 0 aliphatic carbocycles. The van der Waals surface area contributed by atoms with Gasteiger partial charge in [0.1, 0.15) is 4.83 Å². The van der Waals surface area contributed by atoms with Crippen LogP contribution >= 0.6 is 15.9 Å². The van der Waals surface area contributed by atoms with E-state index in [1.807, 2.05) is 15.9 Å². The Morgan fingerprint density at radius 2 is 1.50 bits per heavy atom. The molecule has 1 unspecified atom stereocenters. The fourth-order valence-electron chi connectivity index (χ4n) is 0.215. The van der Waals surface area contributed by atoms with E-state index >= 15 is 0 Å². The second-order valence-electron chi connectivity index (χ2n) is 1.34. The number of alkyl halides is 3. The first kappa shape index (κ1) is 9.87. The maximum atomic E-state index is 11.8. The number of allylic oxidation sites excluding steroid dienone is 1. The lowest BCUT2D eigenvalue weighted by Gasteiger charge is -2.02. The molecule has 0 aromatic carbocycles. The molecule has 0 heterocycles. The summed E-state index contributed by atoms with van der Waals surface area (Å²) >= 11 is 2.05. The molecule has 0 bridgehead atoms. The third-order valence-corrected chi connectivity index (χ3v) is 1.45. The van der Waals surface area contributed by atoms with E-state index in [0.29, 0.717) is 0 Å². The Bertz CT molecular complexity index is 139. The van der Waals surface area contributed by atoms with Crippen LogP contribution in [0.5, 0.6) is 0 Å². The third-order valence-electron chi connectivity index (χ3n) is 0.644. The highest BCUT2D eigenvalue weighted by atomic mass is 79.9. The van der Waals surface area contributed by atoms with Crippen LogP contribution in [0.15, 0.2) is 11.9 Å². The van der Waals surface area contributed by atoms with Crippen LogP contribution in [0.3, 0.4) is 0 Å². The molecule has 60 valence electrons. The highest BCUT2D eigenvalue weighted by Crippen LogP contribution is 2.24. The van der Waals surface area contributed by atoms with E-state index in [9.17, 15) is 22.0 Å². The van der Waals surface area contributed by atoms with Gasteiger partial charge in [0.25, 0.3) is 6.43 Å². The summed E-state index contributed by atoms with van der Waals surface area (Å²) in [5.74, 6) is -2.12. The monoisotopic (exact) mass is 224 g/mol. The van der Waals surface area contributed by atoms with Crippen LogP contribution < -0.4 is 0 Å². The van der Waals surface area contributed by atoms with Gasteiger partial charge in [-0.2, -0.15) is 8.78 Å². The zero-order valence-corrected chi connectivity index (χ0v) is 6.01. The van der Waals surface area contributed by atoms with Gasteiger partial charge < -0.3 is 0 Å². The SMILES string of the molecule is FC(F)=C(F)C(Br)C(F)F. The zero-order chi connectivity index (χ0) is 8.31. The third kappa shape index (κ3) is 2.64. The lowest BCUT2D eigenvalue weighted by Crippen LogP contribution is -2.10. The van der Waals surface area contributed by atoms with Crippen LogP contribution in [0.2, 0.25) is 0 Å². The van der Waals surface area contributed by atoms with E-state index in [4.69, 9.17) is 0 Å². The summed E-state index contributed by atoms with van der Waals surface area (Å²) in [6, 6.07) is 0. The molecule has 1 atom stereocenters. The predicted octanol–water partition coefficient (Wildman–Crippen LogP) is 3.09. The zero-order valence-electron chi connectivity index (χ0n) is 4.42. The first-order chi connectivity index (χ1) is 4.46. The van der Waals surface area contributed by atoms with Crippen molar-refractivity contribution in [2.45, 2.75) is 11.3 Å². The second kappa shape index (κ2) is 3.90. The summed E-state index contributed by atoms with van der Waals surface area (Å²) in [6.07, 6.45) is -5.89. The second-order valence-corrected chi connectivity index (χ2v) is 2.33. The summed E-state index contributed by atoms with van der Waals surface area (Å²) < 4.78 is 56.9. The van der Waals surface area contributed by atoms with Gasteiger partial charge in [-0.3, -0.25) is 0 Å². The summed E-state index contributed by atoms with van der Waals surface area (Å²) in [5, 5.41) is 0. The van der Waals surface area contributed by atoms with Crippen molar-refractivity contribution in [2.24, 2.45) is 0 Å². The number of halogens is 6. The fraction of sp³-hybridized carbons (Fsp3) is 0.500. The van der Waals surface area contributed by atoms with Gasteiger partial charge in [-0.25, -0.2) is 13.2 Å². The average Bonchev–Trinajstić information content (AvgIpc) is 1.84. The van der Waals surface area contributed by atoms with E-state index in [2.05, 4.69) is 0 Å². The van der Waals surface area contributed by atoms with Gasteiger partial charge >= 0.3 is 6.08 Å². The van der Waals surface area contributed by atoms with Crippen molar-refractivity contribution in [2.75, 3.05) is 0 Å². The molecule has 0 aliphatic heterocycles. The highest BCUT2D eigenvalue weighted by molar-refractivity contribution is 9.09. The standard InChI is InChI=1S/C4H2BrF5/c5-1(3(7)8)2(6)4(9)10/h1,3H. The molecule has 0 aliphatic rings. The maximum Gasteiger partial charge on any atom is 0.302 e. The summed E-state index contributed by atoms with van der Waals surface area (Å²) in [4.78, 5) is -2.20. The van der Waals surface area contributed by atoms with E-state index in [1.54, 1.807) is 0 Å². The predicted molar refractivity (Wildman–Crippen MR) is 29.1 cm³/mol. The van der Waals surface area contributed by atoms with Crippen molar-refractivity contribution >= 4 is 15.9 Å². The molecular weight excluding hydrogens is 223 g/mol. The minimum Gasteiger partial charge on any atom is -0.209 e. The Morgan fingerprint density at radius 3 is 1.60 bits per heavy atom. The summed E-state index contributed by atoms with van der Waals surface area (Å²) in [6.45, 7) is 0. The van der Waals surface area contributed by atoms with Crippen LogP contribution in [-0.2, 0) is 0 Å². The lowest BCUT2D eigenvalue weighted by molar-refractivity contribution is 0.146. The smallest absolute Gasteiger partial charge is 0.209 e. The molecule has 0 spiro atoms. The van der Waals surface area contributed by atoms with Crippen molar-refractivity contribution < 1.29 is 22.0 Å². The quantitative estimate of drug-likeness (QED) is 0.500. The van der Waals surface area contributed by atoms with Crippen LogP contribution in [0.1, 0.15) is 0 Å². The molecule has 10 heavy (non-hydrogen) atoms. The molecular formula is C4H2BrF5. The van der Waals surface area contributed by atoms with Crippen molar-refractivity contribution in [3.8, 4) is 0 Å². The molecule has 0 aromatic rings. The Hall–Kier alpha value is -0.130. The summed E-state index contributed by atoms with van der Waals surface area (Å²) in [7, 11) is 0. The number of rotatable bonds is 2. The minimum atomic E-state index is -3.17. The van der Waals surface area contributed by atoms with Gasteiger partial charge in [0.05, 0.1) is 0 Å².